The van der Waals surface area contributed by atoms with Gasteiger partial charge in [-0.15, -0.1) is 0 Å². The average molecular weight is 355 g/mol. The second-order valence-corrected chi connectivity index (χ2v) is 7.94. The van der Waals surface area contributed by atoms with Crippen molar-refractivity contribution in [2.24, 2.45) is 5.92 Å². The molecule has 3 rings (SSSR count). The molecule has 0 nitrogen and oxygen atoms in total. The third kappa shape index (κ3) is 3.24. The maximum atomic E-state index is 2.43. The van der Waals surface area contributed by atoms with Crippen molar-refractivity contribution in [2.75, 3.05) is 0 Å². The molecular weight excluding hydrogens is 335 g/mol. The number of halogens is 2. The van der Waals surface area contributed by atoms with Crippen molar-refractivity contribution in [1.29, 1.82) is 0 Å². The van der Waals surface area contributed by atoms with Crippen molar-refractivity contribution in [3.8, 4) is 0 Å². The second kappa shape index (κ2) is 7.33. The van der Waals surface area contributed by atoms with E-state index in [0.29, 0.717) is 10.1 Å². The molecule has 3 heteroatoms. The molecule has 0 saturated carbocycles. The number of benzene rings is 1. The molecule has 0 aliphatic heterocycles. The molecule has 2 unspecified atom stereocenters. The van der Waals surface area contributed by atoms with Gasteiger partial charge in [-0.25, -0.2) is 0 Å². The Hall–Kier alpha value is -0.266. The van der Waals surface area contributed by atoms with Crippen molar-refractivity contribution >= 4 is 6.08 Å². The number of rotatable bonds is 2. The van der Waals surface area contributed by atoms with Gasteiger partial charge in [0.25, 0.3) is 0 Å². The molecule has 21 heavy (non-hydrogen) atoms. The summed E-state index contributed by atoms with van der Waals surface area (Å²) >= 11 is -0.109. The van der Waals surface area contributed by atoms with Gasteiger partial charge in [-0.1, -0.05) is 0 Å². The molecule has 0 amide bonds. The molecule has 0 aromatic heterocycles. The molecule has 0 saturated heterocycles. The van der Waals surface area contributed by atoms with Gasteiger partial charge in [0.05, 0.1) is 0 Å². The van der Waals surface area contributed by atoms with Crippen LogP contribution in [0.5, 0.6) is 0 Å². The molecule has 1 aromatic rings. The largest absolute Gasteiger partial charge is 1.00 e. The van der Waals surface area contributed by atoms with Crippen LogP contribution >= 0.6 is 0 Å². The summed E-state index contributed by atoms with van der Waals surface area (Å²) in [7, 11) is 0. The van der Waals surface area contributed by atoms with E-state index in [2.05, 4.69) is 64.1 Å². The first-order valence-electron chi connectivity index (χ1n) is 7.01. The molecule has 2 aliphatic rings. The molecule has 0 radical (unpaired) electrons. The van der Waals surface area contributed by atoms with Crippen LogP contribution in [-0.4, -0.2) is 0 Å². The predicted molar refractivity (Wildman–Crippen MR) is 78.5 cm³/mol. The van der Waals surface area contributed by atoms with E-state index in [9.17, 15) is 0 Å². The zero-order valence-electron chi connectivity index (χ0n) is 12.9. The third-order valence-corrected chi connectivity index (χ3v) is 7.77. The molecule has 0 heterocycles. The second-order valence-electron chi connectivity index (χ2n) is 5.68. The summed E-state index contributed by atoms with van der Waals surface area (Å²) in [4.78, 5) is 0. The van der Waals surface area contributed by atoms with Gasteiger partial charge in [-0.2, -0.15) is 0 Å². The van der Waals surface area contributed by atoms with Gasteiger partial charge in [0.15, 0.2) is 0 Å². The molecule has 0 spiro atoms. The first-order valence-corrected chi connectivity index (χ1v) is 8.70. The van der Waals surface area contributed by atoms with Crippen LogP contribution in [0.3, 0.4) is 0 Å². The Bertz CT molecular complexity index is 626. The Labute approximate surface area is 149 Å². The third-order valence-electron chi connectivity index (χ3n) is 4.75. The van der Waals surface area contributed by atoms with Crippen LogP contribution in [0.2, 0.25) is 0 Å². The van der Waals surface area contributed by atoms with Gasteiger partial charge >= 0.3 is 125 Å². The Morgan fingerprint density at radius 1 is 0.952 bits per heavy atom. The van der Waals surface area contributed by atoms with Gasteiger partial charge < -0.3 is 24.8 Å². The molecule has 2 atom stereocenters. The number of allylic oxidation sites excluding steroid dienone is 5. The summed E-state index contributed by atoms with van der Waals surface area (Å²) in [6, 6.07) is 8.88. The predicted octanol–water partition coefficient (Wildman–Crippen LogP) is -0.895. The van der Waals surface area contributed by atoms with Crippen molar-refractivity contribution in [2.45, 2.75) is 31.9 Å². The van der Waals surface area contributed by atoms with Crippen LogP contribution in [0.1, 0.15) is 43.0 Å². The van der Waals surface area contributed by atoms with Gasteiger partial charge in [0.1, 0.15) is 0 Å². The fraction of sp³-hybridized carbons (Fsp3) is 0.333. The van der Waals surface area contributed by atoms with E-state index < -0.39 is 0 Å². The van der Waals surface area contributed by atoms with Crippen LogP contribution < -0.4 is 24.8 Å². The van der Waals surface area contributed by atoms with Crippen molar-refractivity contribution in [3.63, 3.8) is 0 Å². The number of hydrogen-bond donors (Lipinski definition) is 0. The van der Waals surface area contributed by atoms with E-state index in [1.54, 1.807) is 26.2 Å². The first-order chi connectivity index (χ1) is 9.09. The maximum Gasteiger partial charge on any atom is -1.00 e. The van der Waals surface area contributed by atoms with Crippen molar-refractivity contribution in [3.05, 3.63) is 62.1 Å². The van der Waals surface area contributed by atoms with Gasteiger partial charge in [0.2, 0.25) is 0 Å². The standard InChI is InChI=1S/C9H7.C9H13.2ClH.Ti/c1-2-5-9-7-3-6-8(9)4-1;1-6-5-7(2)9(4)8(6)3;;;/h1-7H;6H,1-4H3;2*1H;/q;;;;+2/p-2. The smallest absolute Gasteiger partial charge is 1.00 e. The topological polar surface area (TPSA) is 0 Å². The minimum atomic E-state index is -0.109. The summed E-state index contributed by atoms with van der Waals surface area (Å²) in [5.41, 5.74) is 7.70. The molecular formula is C18H20Cl2Ti. The Morgan fingerprint density at radius 3 is 2.24 bits per heavy atom. The number of fused-ring (bicyclic) bond motifs is 1. The fourth-order valence-electron chi connectivity index (χ4n) is 3.14. The molecule has 0 N–H and O–H groups in total. The van der Waals surface area contributed by atoms with E-state index in [0.717, 1.165) is 0 Å². The van der Waals surface area contributed by atoms with E-state index in [4.69, 9.17) is 0 Å². The van der Waals surface area contributed by atoms with Crippen LogP contribution in [0.25, 0.3) is 6.08 Å². The molecule has 110 valence electrons. The van der Waals surface area contributed by atoms with E-state index in [1.165, 1.54) is 5.56 Å². The molecule has 0 bridgehead atoms. The quantitative estimate of drug-likeness (QED) is 0.604. The van der Waals surface area contributed by atoms with Crippen molar-refractivity contribution in [1.82, 2.24) is 0 Å². The molecule has 2 aliphatic carbocycles. The zero-order valence-corrected chi connectivity index (χ0v) is 15.9. The first kappa shape index (κ1) is 18.8. The summed E-state index contributed by atoms with van der Waals surface area (Å²) in [5.74, 6) is 0.682. The van der Waals surface area contributed by atoms with E-state index in [-0.39, 0.29) is 44.0 Å². The van der Waals surface area contributed by atoms with Gasteiger partial charge in [-0.3, -0.25) is 0 Å². The Kier molecular flexibility index (Phi) is 6.56. The average Bonchev–Trinajstić information content (AvgIpc) is 2.91. The SMILES string of the molecule is CC1=C(C)C(C)[C]([Ti+2][CH]2C=Cc3ccccc32)=C1C.[Cl-].[Cl-]. The summed E-state index contributed by atoms with van der Waals surface area (Å²) in [5, 5.41) is 0. The zero-order chi connectivity index (χ0) is 13.6. The van der Waals surface area contributed by atoms with Crippen LogP contribution in [0, 0.1) is 5.92 Å². The molecule has 1 aromatic carbocycles. The summed E-state index contributed by atoms with van der Waals surface area (Å²) in [6.45, 7) is 9.31. The molecule has 0 fully saturated rings. The van der Waals surface area contributed by atoms with Gasteiger partial charge in [0, 0.05) is 0 Å². The van der Waals surface area contributed by atoms with Crippen LogP contribution in [-0.2, 0) is 19.2 Å². The minimum Gasteiger partial charge on any atom is -1.00 e. The summed E-state index contributed by atoms with van der Waals surface area (Å²) < 4.78 is 2.46. The van der Waals surface area contributed by atoms with Crippen molar-refractivity contribution < 1.29 is 44.0 Å². The van der Waals surface area contributed by atoms with Crippen LogP contribution in [0.4, 0.5) is 0 Å². The number of hydrogen-bond acceptors (Lipinski definition) is 0. The normalized spacial score (nSPS) is 22.7. The summed E-state index contributed by atoms with van der Waals surface area (Å²) in [6.07, 6.45) is 4.74. The van der Waals surface area contributed by atoms with Crippen LogP contribution in [0.15, 0.2) is 50.9 Å². The Balaban J connectivity index is 0.00000110. The van der Waals surface area contributed by atoms with Gasteiger partial charge in [-0.05, 0) is 0 Å². The Morgan fingerprint density at radius 2 is 1.62 bits per heavy atom. The maximum absolute atomic E-state index is 2.43. The van der Waals surface area contributed by atoms with E-state index in [1.807, 2.05) is 0 Å². The monoisotopic (exact) mass is 354 g/mol. The van der Waals surface area contributed by atoms with E-state index >= 15 is 0 Å². The minimum absolute atomic E-state index is 0. The fourth-order valence-corrected chi connectivity index (χ4v) is 5.98.